The molecule has 160 valence electrons. The van der Waals surface area contributed by atoms with E-state index in [1.54, 1.807) is 24.6 Å². The van der Waals surface area contributed by atoms with Gasteiger partial charge in [-0.15, -0.1) is 11.3 Å². The van der Waals surface area contributed by atoms with Crippen LogP contribution in [0.15, 0.2) is 18.3 Å². The number of carbonyl (C=O) groups excluding carboxylic acids is 1. The SMILES string of the molecule is COCCOC1CN(C(=O)c2cc(-c3cc(C)sc3C)nc3c2cnn3C(C)C)C1. The number of thiophene rings is 1. The first-order chi connectivity index (χ1) is 14.4. The second-order valence-electron chi connectivity index (χ2n) is 8.00. The van der Waals surface area contributed by atoms with Crippen molar-refractivity contribution in [2.75, 3.05) is 33.4 Å². The summed E-state index contributed by atoms with van der Waals surface area (Å²) in [5, 5.41) is 5.31. The van der Waals surface area contributed by atoms with Crippen LogP contribution in [-0.4, -0.2) is 65.1 Å². The van der Waals surface area contributed by atoms with Gasteiger partial charge in [-0.2, -0.15) is 5.10 Å². The van der Waals surface area contributed by atoms with Gasteiger partial charge in [-0.05, 0) is 39.8 Å². The fourth-order valence-corrected chi connectivity index (χ4v) is 4.71. The van der Waals surface area contributed by atoms with Gasteiger partial charge in [0.15, 0.2) is 5.65 Å². The number of nitrogens with zero attached hydrogens (tertiary/aromatic N) is 4. The Balaban J connectivity index is 1.68. The third-order valence-electron chi connectivity index (χ3n) is 5.38. The van der Waals surface area contributed by atoms with Gasteiger partial charge in [-0.3, -0.25) is 4.79 Å². The Morgan fingerprint density at radius 3 is 2.67 bits per heavy atom. The van der Waals surface area contributed by atoms with E-state index in [9.17, 15) is 4.79 Å². The first kappa shape index (κ1) is 21.0. The summed E-state index contributed by atoms with van der Waals surface area (Å²) in [6, 6.07) is 4.22. The predicted molar refractivity (Wildman–Crippen MR) is 118 cm³/mol. The molecule has 1 amide bonds. The van der Waals surface area contributed by atoms with Crippen LogP contribution in [0.5, 0.6) is 0 Å². The van der Waals surface area contributed by atoms with Crippen molar-refractivity contribution in [3.8, 4) is 11.3 Å². The van der Waals surface area contributed by atoms with Gasteiger partial charge < -0.3 is 14.4 Å². The number of likely N-dealkylation sites (tertiary alicyclic amines) is 1. The van der Waals surface area contributed by atoms with E-state index in [1.807, 2.05) is 15.6 Å². The smallest absolute Gasteiger partial charge is 0.254 e. The van der Waals surface area contributed by atoms with Crippen molar-refractivity contribution in [1.82, 2.24) is 19.7 Å². The monoisotopic (exact) mass is 428 g/mol. The fourth-order valence-electron chi connectivity index (χ4n) is 3.77. The summed E-state index contributed by atoms with van der Waals surface area (Å²) in [4.78, 5) is 22.5. The van der Waals surface area contributed by atoms with Gasteiger partial charge in [0, 0.05) is 41.6 Å². The Kier molecular flexibility index (Phi) is 5.90. The Hall–Kier alpha value is -2.29. The molecule has 0 spiro atoms. The second-order valence-corrected chi connectivity index (χ2v) is 9.46. The number of pyridine rings is 1. The molecule has 1 fully saturated rings. The summed E-state index contributed by atoms with van der Waals surface area (Å²) >= 11 is 1.74. The molecule has 0 radical (unpaired) electrons. The minimum absolute atomic E-state index is 0.00292. The molecule has 1 aliphatic heterocycles. The van der Waals surface area contributed by atoms with Gasteiger partial charge in [0.2, 0.25) is 0 Å². The van der Waals surface area contributed by atoms with Gasteiger partial charge in [0.05, 0.1) is 42.2 Å². The van der Waals surface area contributed by atoms with Crippen LogP contribution in [0.2, 0.25) is 0 Å². The third-order valence-corrected chi connectivity index (χ3v) is 6.35. The van der Waals surface area contributed by atoms with Crippen LogP contribution in [-0.2, 0) is 9.47 Å². The number of fused-ring (bicyclic) bond motifs is 1. The number of aryl methyl sites for hydroxylation is 2. The van der Waals surface area contributed by atoms with Gasteiger partial charge in [0.1, 0.15) is 0 Å². The highest BCUT2D eigenvalue weighted by Gasteiger charge is 2.33. The highest BCUT2D eigenvalue weighted by Crippen LogP contribution is 2.33. The molecule has 0 unspecified atom stereocenters. The normalized spacial score (nSPS) is 14.7. The fraction of sp³-hybridized carbons (Fsp3) is 0.500. The maximum atomic E-state index is 13.4. The molecule has 0 bridgehead atoms. The number of hydrogen-bond acceptors (Lipinski definition) is 6. The number of hydrogen-bond donors (Lipinski definition) is 0. The Morgan fingerprint density at radius 1 is 1.27 bits per heavy atom. The lowest BCUT2D eigenvalue weighted by atomic mass is 10.0. The summed E-state index contributed by atoms with van der Waals surface area (Å²) < 4.78 is 12.6. The summed E-state index contributed by atoms with van der Waals surface area (Å²) in [5.74, 6) is 0.00292. The van der Waals surface area contributed by atoms with Crippen LogP contribution < -0.4 is 0 Å². The molecule has 30 heavy (non-hydrogen) atoms. The first-order valence-corrected chi connectivity index (χ1v) is 11.1. The Bertz CT molecular complexity index is 1070. The van der Waals surface area contributed by atoms with E-state index in [-0.39, 0.29) is 18.1 Å². The molecule has 4 heterocycles. The van der Waals surface area contributed by atoms with Crippen LogP contribution in [0, 0.1) is 13.8 Å². The highest BCUT2D eigenvalue weighted by atomic mass is 32.1. The zero-order valence-corrected chi connectivity index (χ0v) is 19.0. The summed E-state index contributed by atoms with van der Waals surface area (Å²) in [6.45, 7) is 10.6. The Labute approximate surface area is 180 Å². The van der Waals surface area contributed by atoms with Crippen molar-refractivity contribution in [3.05, 3.63) is 33.6 Å². The number of methoxy groups -OCH3 is 1. The molecule has 0 N–H and O–H groups in total. The van der Waals surface area contributed by atoms with Crippen molar-refractivity contribution in [2.24, 2.45) is 0 Å². The van der Waals surface area contributed by atoms with Crippen molar-refractivity contribution >= 4 is 28.3 Å². The molecule has 0 saturated carbocycles. The molecule has 0 aliphatic carbocycles. The average Bonchev–Trinajstić information content (AvgIpc) is 3.24. The molecule has 1 aliphatic rings. The zero-order valence-electron chi connectivity index (χ0n) is 18.1. The molecule has 0 atom stereocenters. The second kappa shape index (κ2) is 8.45. The minimum atomic E-state index is 0.00292. The lowest BCUT2D eigenvalue weighted by Gasteiger charge is -2.39. The molecular weight excluding hydrogens is 400 g/mol. The molecule has 1 saturated heterocycles. The van der Waals surface area contributed by atoms with E-state index < -0.39 is 0 Å². The van der Waals surface area contributed by atoms with Gasteiger partial charge in [-0.1, -0.05) is 0 Å². The number of amides is 1. The van der Waals surface area contributed by atoms with Crippen molar-refractivity contribution < 1.29 is 14.3 Å². The lowest BCUT2D eigenvalue weighted by Crippen LogP contribution is -2.55. The predicted octanol–water partition coefficient (Wildman–Crippen LogP) is 3.84. The van der Waals surface area contributed by atoms with Crippen LogP contribution in [0.1, 0.15) is 40.0 Å². The van der Waals surface area contributed by atoms with E-state index in [0.717, 1.165) is 22.3 Å². The van der Waals surface area contributed by atoms with Crippen LogP contribution in [0.3, 0.4) is 0 Å². The lowest BCUT2D eigenvalue weighted by molar-refractivity contribution is -0.0554. The third kappa shape index (κ3) is 3.87. The first-order valence-electron chi connectivity index (χ1n) is 10.2. The van der Waals surface area contributed by atoms with E-state index in [1.165, 1.54) is 9.75 Å². The van der Waals surface area contributed by atoms with Crippen molar-refractivity contribution in [1.29, 1.82) is 0 Å². The summed E-state index contributed by atoms with van der Waals surface area (Å²) in [7, 11) is 1.65. The molecule has 8 heteroatoms. The molecule has 3 aromatic rings. The molecular formula is C22H28N4O3S. The average molecular weight is 429 g/mol. The van der Waals surface area contributed by atoms with Crippen LogP contribution in [0.25, 0.3) is 22.3 Å². The van der Waals surface area contributed by atoms with E-state index in [0.29, 0.717) is 31.9 Å². The highest BCUT2D eigenvalue weighted by molar-refractivity contribution is 7.12. The van der Waals surface area contributed by atoms with Crippen LogP contribution in [0.4, 0.5) is 0 Å². The standard InChI is InChI=1S/C22H28N4O3S/c1-13(2)26-21-19(10-23-26)18(9-20(24-21)17-8-14(3)30-15(17)4)22(27)25-11-16(12-25)29-7-6-28-5/h8-10,13,16H,6-7,11-12H2,1-5H3. The van der Waals surface area contributed by atoms with Crippen LogP contribution >= 0.6 is 11.3 Å². The van der Waals surface area contributed by atoms with Gasteiger partial charge >= 0.3 is 0 Å². The van der Waals surface area contributed by atoms with Gasteiger partial charge in [0.25, 0.3) is 5.91 Å². The minimum Gasteiger partial charge on any atom is -0.382 e. The number of ether oxygens (including phenoxy) is 2. The number of aromatic nitrogens is 3. The molecule has 4 rings (SSSR count). The maximum absolute atomic E-state index is 13.4. The zero-order chi connectivity index (χ0) is 21.4. The quantitative estimate of drug-likeness (QED) is 0.535. The number of carbonyl (C=O) groups is 1. The van der Waals surface area contributed by atoms with E-state index >= 15 is 0 Å². The molecule has 0 aromatic carbocycles. The summed E-state index contributed by atoms with van der Waals surface area (Å²) in [6.07, 6.45) is 1.83. The largest absolute Gasteiger partial charge is 0.382 e. The Morgan fingerprint density at radius 2 is 2.03 bits per heavy atom. The van der Waals surface area contributed by atoms with E-state index in [4.69, 9.17) is 14.5 Å². The van der Waals surface area contributed by atoms with Gasteiger partial charge in [-0.25, -0.2) is 9.67 Å². The maximum Gasteiger partial charge on any atom is 0.254 e. The van der Waals surface area contributed by atoms with Crippen molar-refractivity contribution in [3.63, 3.8) is 0 Å². The number of rotatable bonds is 7. The summed E-state index contributed by atoms with van der Waals surface area (Å²) in [5.41, 5.74) is 3.31. The van der Waals surface area contributed by atoms with E-state index in [2.05, 4.69) is 38.9 Å². The molecule has 7 nitrogen and oxygen atoms in total. The van der Waals surface area contributed by atoms with Crippen molar-refractivity contribution in [2.45, 2.75) is 39.8 Å². The molecule has 3 aromatic heterocycles. The topological polar surface area (TPSA) is 69.5 Å².